The summed E-state index contributed by atoms with van der Waals surface area (Å²) in [5, 5.41) is 25.3. The number of hydrogen-bond acceptors (Lipinski definition) is 4. The van der Waals surface area contributed by atoms with Crippen molar-refractivity contribution < 1.29 is 15.0 Å². The van der Waals surface area contributed by atoms with Gasteiger partial charge in [-0.05, 0) is 56.8 Å². The lowest BCUT2D eigenvalue weighted by Gasteiger charge is -2.48. The largest absolute Gasteiger partial charge is 0.504 e. The summed E-state index contributed by atoms with van der Waals surface area (Å²) in [6.45, 7) is 0.936. The Morgan fingerprint density at radius 2 is 2.10 bits per heavy atom. The van der Waals surface area contributed by atoms with Crippen LogP contribution in [0.1, 0.15) is 42.5 Å². The van der Waals surface area contributed by atoms with Crippen molar-refractivity contribution in [3.8, 4) is 11.5 Å². The van der Waals surface area contributed by atoms with Gasteiger partial charge in [-0.3, -0.25) is 4.79 Å². The van der Waals surface area contributed by atoms with E-state index in [-0.39, 0.29) is 29.0 Å². The van der Waals surface area contributed by atoms with Crippen molar-refractivity contribution in [3.63, 3.8) is 0 Å². The Labute approximate surface area is 118 Å². The minimum Gasteiger partial charge on any atom is -0.504 e. The highest BCUT2D eigenvalue weighted by Gasteiger charge is 2.41. The highest BCUT2D eigenvalue weighted by atomic mass is 16.3. The molecule has 20 heavy (non-hydrogen) atoms. The molecule has 2 aliphatic rings. The molecule has 1 saturated heterocycles. The van der Waals surface area contributed by atoms with E-state index < -0.39 is 0 Å². The number of carbonyl (C=O) groups is 1. The third-order valence-electron chi connectivity index (χ3n) is 4.51. The van der Waals surface area contributed by atoms with E-state index in [9.17, 15) is 15.0 Å². The molecule has 1 aliphatic carbocycles. The number of phenolic OH excluding ortho intramolecular Hbond substituents is 2. The van der Waals surface area contributed by atoms with Crippen LogP contribution in [-0.4, -0.2) is 34.2 Å². The summed E-state index contributed by atoms with van der Waals surface area (Å²) in [5.74, 6) is -0.670. The Balaban J connectivity index is 1.64. The molecular formula is C15H20N2O3. The van der Waals surface area contributed by atoms with Gasteiger partial charge in [0.1, 0.15) is 0 Å². The van der Waals surface area contributed by atoms with Gasteiger partial charge in [-0.2, -0.15) is 0 Å². The number of hydrogen-bond donors (Lipinski definition) is 4. The first kappa shape index (κ1) is 13.2. The lowest BCUT2D eigenvalue weighted by atomic mass is 9.70. The van der Waals surface area contributed by atoms with Gasteiger partial charge in [-0.25, -0.2) is 0 Å². The molecule has 1 amide bonds. The maximum absolute atomic E-state index is 12.2. The average Bonchev–Trinajstić information content (AvgIpc) is 2.40. The van der Waals surface area contributed by atoms with Crippen molar-refractivity contribution in [2.75, 3.05) is 6.54 Å². The highest BCUT2D eigenvalue weighted by molar-refractivity contribution is 5.95. The fourth-order valence-corrected chi connectivity index (χ4v) is 3.20. The molecule has 1 unspecified atom stereocenters. The fraction of sp³-hybridized carbons (Fsp3) is 0.533. The van der Waals surface area contributed by atoms with E-state index in [1.165, 1.54) is 37.5 Å². The number of nitrogens with one attached hydrogen (secondary N) is 2. The van der Waals surface area contributed by atoms with Crippen LogP contribution in [0.2, 0.25) is 0 Å². The predicted octanol–water partition coefficient (Wildman–Crippen LogP) is 1.50. The quantitative estimate of drug-likeness (QED) is 0.617. The number of amides is 1. The van der Waals surface area contributed by atoms with Crippen molar-refractivity contribution >= 4 is 5.91 Å². The van der Waals surface area contributed by atoms with Gasteiger partial charge in [0, 0.05) is 17.1 Å². The van der Waals surface area contributed by atoms with Crippen LogP contribution in [0.5, 0.6) is 11.5 Å². The SMILES string of the molecule is O=C(NC1CCNC2(CCC2)C1)c1ccc(O)c(O)c1. The number of aromatic hydroxyl groups is 2. The Morgan fingerprint density at radius 3 is 2.75 bits per heavy atom. The van der Waals surface area contributed by atoms with Crippen molar-refractivity contribution in [2.45, 2.75) is 43.7 Å². The van der Waals surface area contributed by atoms with E-state index in [2.05, 4.69) is 10.6 Å². The van der Waals surface area contributed by atoms with Crippen molar-refractivity contribution in [1.29, 1.82) is 0 Å². The summed E-state index contributed by atoms with van der Waals surface area (Å²) in [4.78, 5) is 12.2. The highest BCUT2D eigenvalue weighted by Crippen LogP contribution is 2.38. The zero-order valence-electron chi connectivity index (χ0n) is 11.4. The summed E-state index contributed by atoms with van der Waals surface area (Å²) in [5.41, 5.74) is 0.620. The molecule has 1 atom stereocenters. The van der Waals surface area contributed by atoms with Crippen LogP contribution in [0.15, 0.2) is 18.2 Å². The molecule has 1 aromatic rings. The topological polar surface area (TPSA) is 81.6 Å². The maximum atomic E-state index is 12.2. The van der Waals surface area contributed by atoms with E-state index in [4.69, 9.17) is 0 Å². The van der Waals surface area contributed by atoms with Crippen LogP contribution in [-0.2, 0) is 0 Å². The second-order valence-electron chi connectivity index (χ2n) is 5.93. The van der Waals surface area contributed by atoms with Gasteiger partial charge >= 0.3 is 0 Å². The predicted molar refractivity (Wildman–Crippen MR) is 74.8 cm³/mol. The van der Waals surface area contributed by atoms with Crippen LogP contribution >= 0.6 is 0 Å². The number of carbonyl (C=O) groups excluding carboxylic acids is 1. The van der Waals surface area contributed by atoms with Gasteiger partial charge in [-0.1, -0.05) is 0 Å². The fourth-order valence-electron chi connectivity index (χ4n) is 3.20. The number of phenols is 2. The molecule has 5 heteroatoms. The lowest BCUT2D eigenvalue weighted by Crippen LogP contribution is -2.59. The van der Waals surface area contributed by atoms with E-state index in [1.54, 1.807) is 0 Å². The molecule has 1 saturated carbocycles. The number of piperidine rings is 1. The first-order valence-corrected chi connectivity index (χ1v) is 7.16. The monoisotopic (exact) mass is 276 g/mol. The zero-order valence-corrected chi connectivity index (χ0v) is 11.4. The standard InChI is InChI=1S/C15H20N2O3/c18-12-3-2-10(8-13(12)19)14(20)17-11-4-7-16-15(9-11)5-1-6-15/h2-3,8,11,16,18-19H,1,4-7,9H2,(H,17,20). The summed E-state index contributed by atoms with van der Waals surface area (Å²) in [6, 6.07) is 4.33. The molecule has 4 N–H and O–H groups in total. The Bertz CT molecular complexity index is 526. The molecule has 1 heterocycles. The molecule has 5 nitrogen and oxygen atoms in total. The lowest BCUT2D eigenvalue weighted by molar-refractivity contribution is 0.0852. The van der Waals surface area contributed by atoms with Crippen LogP contribution < -0.4 is 10.6 Å². The Kier molecular flexibility index (Phi) is 3.30. The first-order valence-electron chi connectivity index (χ1n) is 7.16. The molecule has 0 aromatic heterocycles. The number of benzene rings is 1. The molecule has 0 bridgehead atoms. The van der Waals surface area contributed by atoms with Crippen LogP contribution in [0.25, 0.3) is 0 Å². The van der Waals surface area contributed by atoms with Gasteiger partial charge in [0.2, 0.25) is 0 Å². The zero-order chi connectivity index (χ0) is 14.2. The van der Waals surface area contributed by atoms with Crippen LogP contribution in [0.4, 0.5) is 0 Å². The molecule has 1 spiro atoms. The van der Waals surface area contributed by atoms with Crippen LogP contribution in [0.3, 0.4) is 0 Å². The molecule has 1 aliphatic heterocycles. The normalized spacial score (nSPS) is 24.1. The second-order valence-corrected chi connectivity index (χ2v) is 5.93. The van der Waals surface area contributed by atoms with E-state index >= 15 is 0 Å². The Morgan fingerprint density at radius 1 is 1.30 bits per heavy atom. The summed E-state index contributed by atoms with van der Waals surface area (Å²) in [6.07, 6.45) is 5.55. The van der Waals surface area contributed by atoms with Gasteiger partial charge in [0.05, 0.1) is 0 Å². The smallest absolute Gasteiger partial charge is 0.251 e. The van der Waals surface area contributed by atoms with Gasteiger partial charge < -0.3 is 20.8 Å². The molecular weight excluding hydrogens is 256 g/mol. The molecule has 0 radical (unpaired) electrons. The van der Waals surface area contributed by atoms with Gasteiger partial charge in [0.25, 0.3) is 5.91 Å². The van der Waals surface area contributed by atoms with E-state index in [0.717, 1.165) is 19.4 Å². The van der Waals surface area contributed by atoms with Crippen molar-refractivity contribution in [2.24, 2.45) is 0 Å². The molecule has 1 aromatic carbocycles. The van der Waals surface area contributed by atoms with Crippen molar-refractivity contribution in [3.05, 3.63) is 23.8 Å². The minimum atomic E-state index is -0.265. The van der Waals surface area contributed by atoms with E-state index in [1.807, 2.05) is 0 Å². The summed E-state index contributed by atoms with van der Waals surface area (Å²) in [7, 11) is 0. The maximum Gasteiger partial charge on any atom is 0.251 e. The molecule has 3 rings (SSSR count). The van der Waals surface area contributed by atoms with Crippen LogP contribution in [0, 0.1) is 0 Å². The van der Waals surface area contributed by atoms with E-state index in [0.29, 0.717) is 5.56 Å². The number of rotatable bonds is 2. The van der Waals surface area contributed by atoms with Gasteiger partial charge in [0.15, 0.2) is 11.5 Å². The summed E-state index contributed by atoms with van der Waals surface area (Å²) < 4.78 is 0. The third-order valence-corrected chi connectivity index (χ3v) is 4.51. The van der Waals surface area contributed by atoms with Crippen molar-refractivity contribution in [1.82, 2.24) is 10.6 Å². The average molecular weight is 276 g/mol. The molecule has 108 valence electrons. The first-order chi connectivity index (χ1) is 9.58. The molecule has 2 fully saturated rings. The summed E-state index contributed by atoms with van der Waals surface area (Å²) >= 11 is 0. The third kappa shape index (κ3) is 2.45. The second kappa shape index (κ2) is 4.98. The minimum absolute atomic E-state index is 0.181. The van der Waals surface area contributed by atoms with Gasteiger partial charge in [-0.15, -0.1) is 0 Å². The Hall–Kier alpha value is -1.75.